The second kappa shape index (κ2) is 6.24. The van der Waals surface area contributed by atoms with Crippen LogP contribution in [-0.2, 0) is 4.74 Å². The molecule has 0 heterocycles. The molecule has 0 saturated heterocycles. The molecule has 2 rings (SSSR count). The first kappa shape index (κ1) is 12.7. The molecule has 0 aromatic rings. The van der Waals surface area contributed by atoms with E-state index in [4.69, 9.17) is 10.5 Å². The summed E-state index contributed by atoms with van der Waals surface area (Å²) in [6, 6.07) is 0.582. The van der Waals surface area contributed by atoms with E-state index in [0.29, 0.717) is 37.2 Å². The normalized spacial score (nSPS) is 30.3. The lowest BCUT2D eigenvalue weighted by Gasteiger charge is -2.28. The van der Waals surface area contributed by atoms with Gasteiger partial charge in [-0.05, 0) is 31.6 Å². The first-order valence-corrected chi connectivity index (χ1v) is 6.94. The average molecular weight is 239 g/mol. The summed E-state index contributed by atoms with van der Waals surface area (Å²) in [4.78, 5) is 4.27. The second-order valence-electron chi connectivity index (χ2n) is 5.36. The maximum atomic E-state index is 5.88. The van der Waals surface area contributed by atoms with Gasteiger partial charge in [0.1, 0.15) is 0 Å². The van der Waals surface area contributed by atoms with Crippen LogP contribution in [0.3, 0.4) is 0 Å². The largest absolute Gasteiger partial charge is 0.376 e. The van der Waals surface area contributed by atoms with E-state index in [1.807, 2.05) is 0 Å². The number of hydrogen-bond acceptors (Lipinski definition) is 2. The van der Waals surface area contributed by atoms with Crippen molar-refractivity contribution in [3.05, 3.63) is 0 Å². The van der Waals surface area contributed by atoms with Gasteiger partial charge in [0.15, 0.2) is 5.96 Å². The first-order chi connectivity index (χ1) is 8.25. The number of ether oxygens (including phenoxy) is 1. The van der Waals surface area contributed by atoms with Gasteiger partial charge in [-0.15, -0.1) is 0 Å². The van der Waals surface area contributed by atoms with Crippen molar-refractivity contribution < 1.29 is 4.74 Å². The van der Waals surface area contributed by atoms with Crippen molar-refractivity contribution in [2.45, 2.75) is 57.6 Å². The van der Waals surface area contributed by atoms with Crippen molar-refractivity contribution in [1.29, 1.82) is 0 Å². The predicted molar refractivity (Wildman–Crippen MR) is 70.0 cm³/mol. The Balaban J connectivity index is 1.58. The molecule has 0 amide bonds. The van der Waals surface area contributed by atoms with Crippen LogP contribution in [0.25, 0.3) is 0 Å². The molecule has 4 heteroatoms. The first-order valence-electron chi connectivity index (χ1n) is 6.94. The number of nitrogens with two attached hydrogens (primary N) is 1. The average Bonchev–Trinajstić information content (AvgIpc) is 3.10. The predicted octanol–water partition coefficient (Wildman–Crippen LogP) is 1.65. The van der Waals surface area contributed by atoms with Crippen LogP contribution in [0.1, 0.15) is 45.4 Å². The Hall–Kier alpha value is -0.770. The number of nitrogens with one attached hydrogen (secondary N) is 1. The maximum absolute atomic E-state index is 5.88. The molecule has 17 heavy (non-hydrogen) atoms. The maximum Gasteiger partial charge on any atom is 0.188 e. The van der Waals surface area contributed by atoms with Gasteiger partial charge < -0.3 is 15.8 Å². The van der Waals surface area contributed by atoms with E-state index in [1.165, 1.54) is 38.5 Å². The summed E-state index contributed by atoms with van der Waals surface area (Å²) in [5, 5.41) is 3.17. The van der Waals surface area contributed by atoms with Gasteiger partial charge in [0.25, 0.3) is 0 Å². The molecule has 4 nitrogen and oxygen atoms in total. The lowest BCUT2D eigenvalue weighted by molar-refractivity contribution is -0.000655. The second-order valence-corrected chi connectivity index (χ2v) is 5.36. The van der Waals surface area contributed by atoms with Gasteiger partial charge in [-0.3, -0.25) is 4.99 Å². The molecule has 0 spiro atoms. The van der Waals surface area contributed by atoms with Crippen LogP contribution in [0.5, 0.6) is 0 Å². The molecule has 0 aromatic carbocycles. The molecule has 0 radical (unpaired) electrons. The molecular formula is C13H25N3O. The molecule has 2 saturated carbocycles. The summed E-state index contributed by atoms with van der Waals surface area (Å²) in [7, 11) is 0. The van der Waals surface area contributed by atoms with Crippen LogP contribution in [0.4, 0.5) is 0 Å². The highest BCUT2D eigenvalue weighted by atomic mass is 16.5. The third-order valence-corrected chi connectivity index (χ3v) is 3.67. The third kappa shape index (κ3) is 4.54. The van der Waals surface area contributed by atoms with E-state index >= 15 is 0 Å². The van der Waals surface area contributed by atoms with E-state index in [2.05, 4.69) is 17.2 Å². The smallest absolute Gasteiger partial charge is 0.188 e. The fraction of sp³-hybridized carbons (Fsp3) is 0.923. The highest BCUT2D eigenvalue weighted by molar-refractivity contribution is 5.78. The van der Waals surface area contributed by atoms with Crippen LogP contribution in [0, 0.1) is 5.92 Å². The SMILES string of the molecule is C[C@H]1CCCC[C@H]1OCCN=C(N)NC1CC1. The minimum absolute atomic E-state index is 0.441. The van der Waals surface area contributed by atoms with Crippen molar-refractivity contribution in [1.82, 2.24) is 5.32 Å². The minimum atomic E-state index is 0.441. The van der Waals surface area contributed by atoms with Crippen molar-refractivity contribution in [3.63, 3.8) is 0 Å². The monoisotopic (exact) mass is 239 g/mol. The molecule has 2 atom stereocenters. The lowest BCUT2D eigenvalue weighted by Crippen LogP contribution is -2.34. The van der Waals surface area contributed by atoms with Crippen molar-refractivity contribution in [2.24, 2.45) is 16.6 Å². The standard InChI is InChI=1S/C13H25N3O/c1-10-4-2-3-5-12(10)17-9-8-15-13(14)16-11-6-7-11/h10-12H,2-9H2,1H3,(H3,14,15,16)/t10-,12+/m0/s1. The number of guanidine groups is 1. The summed E-state index contributed by atoms with van der Waals surface area (Å²) >= 11 is 0. The quantitative estimate of drug-likeness (QED) is 0.436. The Morgan fingerprint density at radius 2 is 2.06 bits per heavy atom. The van der Waals surface area contributed by atoms with E-state index < -0.39 is 0 Å². The summed E-state index contributed by atoms with van der Waals surface area (Å²) in [6.45, 7) is 3.66. The Labute approximate surface area is 104 Å². The molecule has 2 aliphatic rings. The van der Waals surface area contributed by atoms with Crippen molar-refractivity contribution >= 4 is 5.96 Å². The van der Waals surface area contributed by atoms with E-state index in [-0.39, 0.29) is 0 Å². The summed E-state index contributed by atoms with van der Waals surface area (Å²) in [6.07, 6.45) is 8.08. The fourth-order valence-corrected chi connectivity index (χ4v) is 2.38. The molecule has 2 aliphatic carbocycles. The van der Waals surface area contributed by atoms with E-state index in [0.717, 1.165) is 0 Å². The molecule has 0 aromatic heterocycles. The van der Waals surface area contributed by atoms with Gasteiger partial charge in [-0.1, -0.05) is 19.8 Å². The Morgan fingerprint density at radius 3 is 2.76 bits per heavy atom. The third-order valence-electron chi connectivity index (χ3n) is 3.67. The zero-order valence-electron chi connectivity index (χ0n) is 10.8. The molecule has 0 bridgehead atoms. The molecule has 0 aliphatic heterocycles. The highest BCUT2D eigenvalue weighted by Crippen LogP contribution is 2.26. The number of rotatable bonds is 5. The van der Waals surface area contributed by atoms with Crippen molar-refractivity contribution in [2.75, 3.05) is 13.2 Å². The molecule has 0 unspecified atom stereocenters. The summed E-state index contributed by atoms with van der Waals surface area (Å²) in [5.41, 5.74) is 5.74. The van der Waals surface area contributed by atoms with Gasteiger partial charge >= 0.3 is 0 Å². The Bertz CT molecular complexity index is 263. The summed E-state index contributed by atoms with van der Waals surface area (Å²) < 4.78 is 5.88. The fourth-order valence-electron chi connectivity index (χ4n) is 2.38. The number of aliphatic imine (C=N–C) groups is 1. The summed E-state index contributed by atoms with van der Waals surface area (Å²) in [5.74, 6) is 1.28. The van der Waals surface area contributed by atoms with Crippen LogP contribution in [0.2, 0.25) is 0 Å². The van der Waals surface area contributed by atoms with E-state index in [1.54, 1.807) is 0 Å². The lowest BCUT2D eigenvalue weighted by atomic mass is 9.88. The van der Waals surface area contributed by atoms with Gasteiger partial charge in [0.2, 0.25) is 0 Å². The van der Waals surface area contributed by atoms with Crippen LogP contribution in [-0.4, -0.2) is 31.3 Å². The highest BCUT2D eigenvalue weighted by Gasteiger charge is 2.22. The van der Waals surface area contributed by atoms with Crippen LogP contribution < -0.4 is 11.1 Å². The van der Waals surface area contributed by atoms with Gasteiger partial charge in [-0.25, -0.2) is 0 Å². The minimum Gasteiger partial charge on any atom is -0.376 e. The zero-order chi connectivity index (χ0) is 12.1. The van der Waals surface area contributed by atoms with Crippen LogP contribution >= 0.6 is 0 Å². The zero-order valence-corrected chi connectivity index (χ0v) is 10.8. The molecule has 2 fully saturated rings. The van der Waals surface area contributed by atoms with Crippen molar-refractivity contribution in [3.8, 4) is 0 Å². The molecular weight excluding hydrogens is 214 g/mol. The van der Waals surface area contributed by atoms with Gasteiger partial charge in [-0.2, -0.15) is 0 Å². The van der Waals surface area contributed by atoms with Gasteiger partial charge in [0, 0.05) is 6.04 Å². The topological polar surface area (TPSA) is 59.6 Å². The Kier molecular flexibility index (Phi) is 4.66. The van der Waals surface area contributed by atoms with Gasteiger partial charge in [0.05, 0.1) is 19.3 Å². The number of hydrogen-bond donors (Lipinski definition) is 2. The Morgan fingerprint density at radius 1 is 1.29 bits per heavy atom. The molecule has 98 valence electrons. The van der Waals surface area contributed by atoms with E-state index in [9.17, 15) is 0 Å². The molecule has 3 N–H and O–H groups in total. The van der Waals surface area contributed by atoms with Crippen LogP contribution in [0.15, 0.2) is 4.99 Å². The number of nitrogens with zero attached hydrogens (tertiary/aromatic N) is 1.